The Morgan fingerprint density at radius 1 is 1.12 bits per heavy atom. The molecule has 0 unspecified atom stereocenters. The maximum atomic E-state index is 12.7. The molecule has 7 heteroatoms. The van der Waals surface area contributed by atoms with E-state index in [9.17, 15) is 14.7 Å². The summed E-state index contributed by atoms with van der Waals surface area (Å²) in [5, 5.41) is 15.3. The first-order valence-corrected chi connectivity index (χ1v) is 8.81. The van der Waals surface area contributed by atoms with Crippen molar-refractivity contribution >= 4 is 11.8 Å². The number of nitrogens with zero attached hydrogens (tertiary/aromatic N) is 1. The first kappa shape index (κ1) is 17.7. The van der Waals surface area contributed by atoms with Crippen LogP contribution in [0, 0.1) is 0 Å². The maximum Gasteiger partial charge on any atom is 0.255 e. The van der Waals surface area contributed by atoms with Gasteiger partial charge in [-0.25, -0.2) is 0 Å². The number of amides is 2. The molecule has 0 radical (unpaired) electrons. The molecule has 1 aromatic rings. The van der Waals surface area contributed by atoms with Crippen LogP contribution in [0.5, 0.6) is 5.75 Å². The number of carbonyl (C=O) groups is 2. The zero-order valence-electron chi connectivity index (χ0n) is 14.3. The van der Waals surface area contributed by atoms with Gasteiger partial charge >= 0.3 is 0 Å². The number of benzene rings is 1. The largest absolute Gasteiger partial charge is 0.507 e. The molecule has 2 fully saturated rings. The minimum Gasteiger partial charge on any atom is -0.507 e. The van der Waals surface area contributed by atoms with E-state index in [0.29, 0.717) is 26.3 Å². The smallest absolute Gasteiger partial charge is 0.255 e. The SMILES string of the molecule is O=C(NCCNC(=O)C1(N2CCOCC2)CCC1)c1ccccc1O. The van der Waals surface area contributed by atoms with Crippen molar-refractivity contribution in [3.63, 3.8) is 0 Å². The number of phenolic OH excluding ortho intramolecular Hbond substituents is 1. The summed E-state index contributed by atoms with van der Waals surface area (Å²) in [5.74, 6) is -0.360. The van der Waals surface area contributed by atoms with E-state index in [1.807, 2.05) is 0 Å². The summed E-state index contributed by atoms with van der Waals surface area (Å²) in [5.41, 5.74) is -0.163. The van der Waals surface area contributed by atoms with E-state index in [0.717, 1.165) is 32.4 Å². The van der Waals surface area contributed by atoms with Gasteiger partial charge in [0, 0.05) is 26.2 Å². The van der Waals surface area contributed by atoms with Crippen molar-refractivity contribution in [1.29, 1.82) is 0 Å². The Morgan fingerprint density at radius 2 is 1.80 bits per heavy atom. The van der Waals surface area contributed by atoms with Crippen LogP contribution in [0.15, 0.2) is 24.3 Å². The van der Waals surface area contributed by atoms with Gasteiger partial charge in [-0.1, -0.05) is 12.1 Å². The minimum absolute atomic E-state index is 0.0393. The molecule has 0 bridgehead atoms. The minimum atomic E-state index is -0.397. The fourth-order valence-electron chi connectivity index (χ4n) is 3.47. The van der Waals surface area contributed by atoms with Crippen LogP contribution in [0.3, 0.4) is 0 Å². The van der Waals surface area contributed by atoms with E-state index >= 15 is 0 Å². The lowest BCUT2D eigenvalue weighted by Gasteiger charge is -2.50. The third-order valence-corrected chi connectivity index (χ3v) is 5.06. The van der Waals surface area contributed by atoms with Crippen molar-refractivity contribution in [2.75, 3.05) is 39.4 Å². The molecule has 1 heterocycles. The third-order valence-electron chi connectivity index (χ3n) is 5.06. The predicted molar refractivity (Wildman–Crippen MR) is 92.4 cm³/mol. The fourth-order valence-corrected chi connectivity index (χ4v) is 3.47. The van der Waals surface area contributed by atoms with Crippen molar-refractivity contribution in [2.24, 2.45) is 0 Å². The van der Waals surface area contributed by atoms with Gasteiger partial charge in [-0.15, -0.1) is 0 Å². The lowest BCUT2D eigenvalue weighted by molar-refractivity contribution is -0.144. The molecule has 1 aromatic carbocycles. The molecule has 2 amide bonds. The number of morpholine rings is 1. The van der Waals surface area contributed by atoms with Crippen LogP contribution in [0.25, 0.3) is 0 Å². The highest BCUT2D eigenvalue weighted by Gasteiger charge is 2.48. The molecule has 0 atom stereocenters. The number of ether oxygens (including phenoxy) is 1. The van der Waals surface area contributed by atoms with E-state index in [-0.39, 0.29) is 23.1 Å². The summed E-state index contributed by atoms with van der Waals surface area (Å²) in [6.45, 7) is 3.61. The van der Waals surface area contributed by atoms with Crippen molar-refractivity contribution < 1.29 is 19.4 Å². The molecule has 3 N–H and O–H groups in total. The average Bonchev–Trinajstić information content (AvgIpc) is 2.59. The summed E-state index contributed by atoms with van der Waals surface area (Å²) < 4.78 is 5.38. The second kappa shape index (κ2) is 7.84. The van der Waals surface area contributed by atoms with Gasteiger partial charge in [0.15, 0.2) is 0 Å². The van der Waals surface area contributed by atoms with E-state index in [1.54, 1.807) is 18.2 Å². The van der Waals surface area contributed by atoms with Crippen molar-refractivity contribution in [3.8, 4) is 5.75 Å². The third kappa shape index (κ3) is 3.77. The molecule has 136 valence electrons. The number of nitrogens with one attached hydrogen (secondary N) is 2. The lowest BCUT2D eigenvalue weighted by Crippen LogP contribution is -2.65. The van der Waals surface area contributed by atoms with Crippen LogP contribution < -0.4 is 10.6 Å². The van der Waals surface area contributed by atoms with Crippen LogP contribution in [-0.2, 0) is 9.53 Å². The van der Waals surface area contributed by atoms with Crippen LogP contribution in [0.2, 0.25) is 0 Å². The highest BCUT2D eigenvalue weighted by Crippen LogP contribution is 2.38. The Morgan fingerprint density at radius 3 is 2.44 bits per heavy atom. The van der Waals surface area contributed by atoms with Crippen LogP contribution >= 0.6 is 0 Å². The molecule has 1 saturated heterocycles. The topological polar surface area (TPSA) is 90.9 Å². The summed E-state index contributed by atoms with van der Waals surface area (Å²) >= 11 is 0. The van der Waals surface area contributed by atoms with Gasteiger partial charge < -0.3 is 20.5 Å². The quantitative estimate of drug-likeness (QED) is 0.652. The van der Waals surface area contributed by atoms with Gasteiger partial charge in [0.25, 0.3) is 5.91 Å². The monoisotopic (exact) mass is 347 g/mol. The highest BCUT2D eigenvalue weighted by atomic mass is 16.5. The molecule has 1 aliphatic heterocycles. The Kier molecular flexibility index (Phi) is 5.55. The van der Waals surface area contributed by atoms with Gasteiger partial charge in [-0.2, -0.15) is 0 Å². The van der Waals surface area contributed by atoms with E-state index in [2.05, 4.69) is 15.5 Å². The fraction of sp³-hybridized carbons (Fsp3) is 0.556. The standard InChI is InChI=1S/C18H25N3O4/c22-15-5-2-1-4-14(15)16(23)19-8-9-20-17(24)18(6-3-7-18)21-10-12-25-13-11-21/h1-2,4-5,22H,3,6-13H2,(H,19,23)(H,20,24). The number of rotatable bonds is 6. The maximum absolute atomic E-state index is 12.7. The first-order chi connectivity index (χ1) is 12.1. The average molecular weight is 347 g/mol. The molecule has 25 heavy (non-hydrogen) atoms. The Bertz CT molecular complexity index is 625. The normalized spacial score (nSPS) is 19.7. The molecule has 1 saturated carbocycles. The zero-order chi connectivity index (χ0) is 17.7. The number of hydrogen-bond acceptors (Lipinski definition) is 5. The van der Waals surface area contributed by atoms with Gasteiger partial charge in [-0.05, 0) is 31.4 Å². The second-order valence-corrected chi connectivity index (χ2v) is 6.51. The number of hydrogen-bond donors (Lipinski definition) is 3. The van der Waals surface area contributed by atoms with Crippen LogP contribution in [0.1, 0.15) is 29.6 Å². The van der Waals surface area contributed by atoms with Crippen molar-refractivity contribution in [1.82, 2.24) is 15.5 Å². The van der Waals surface area contributed by atoms with Crippen molar-refractivity contribution in [2.45, 2.75) is 24.8 Å². The van der Waals surface area contributed by atoms with Crippen LogP contribution in [-0.4, -0.2) is 66.8 Å². The highest BCUT2D eigenvalue weighted by molar-refractivity contribution is 5.96. The zero-order valence-corrected chi connectivity index (χ0v) is 14.3. The summed E-state index contributed by atoms with van der Waals surface area (Å²) in [6, 6.07) is 6.39. The molecular weight excluding hydrogens is 322 g/mol. The summed E-state index contributed by atoms with van der Waals surface area (Å²) in [6.07, 6.45) is 2.82. The van der Waals surface area contributed by atoms with E-state index < -0.39 is 5.54 Å². The van der Waals surface area contributed by atoms with Gasteiger partial charge in [-0.3, -0.25) is 14.5 Å². The van der Waals surface area contributed by atoms with E-state index in [4.69, 9.17) is 4.74 Å². The Labute approximate surface area is 147 Å². The molecule has 2 aliphatic rings. The number of phenols is 1. The molecule has 1 aliphatic carbocycles. The number of aromatic hydroxyl groups is 1. The first-order valence-electron chi connectivity index (χ1n) is 8.81. The van der Waals surface area contributed by atoms with Gasteiger partial charge in [0.05, 0.1) is 18.8 Å². The lowest BCUT2D eigenvalue weighted by atomic mass is 9.74. The van der Waals surface area contributed by atoms with E-state index in [1.165, 1.54) is 6.07 Å². The molecular formula is C18H25N3O4. The van der Waals surface area contributed by atoms with Crippen LogP contribution in [0.4, 0.5) is 0 Å². The Balaban J connectivity index is 1.46. The summed E-state index contributed by atoms with van der Waals surface area (Å²) in [4.78, 5) is 26.9. The van der Waals surface area contributed by atoms with Gasteiger partial charge in [0.1, 0.15) is 11.3 Å². The van der Waals surface area contributed by atoms with Gasteiger partial charge in [0.2, 0.25) is 5.91 Å². The molecule has 0 spiro atoms. The number of para-hydroxylation sites is 1. The molecule has 0 aromatic heterocycles. The predicted octanol–water partition coefficient (Wildman–Crippen LogP) is 0.493. The Hall–Kier alpha value is -2.12. The number of carbonyl (C=O) groups excluding carboxylic acids is 2. The molecule has 3 rings (SSSR count). The second-order valence-electron chi connectivity index (χ2n) is 6.51. The molecule has 7 nitrogen and oxygen atoms in total. The summed E-state index contributed by atoms with van der Waals surface area (Å²) in [7, 11) is 0. The van der Waals surface area contributed by atoms with Crippen molar-refractivity contribution in [3.05, 3.63) is 29.8 Å².